The second kappa shape index (κ2) is 5.98. The highest BCUT2D eigenvalue weighted by Gasteiger charge is 2.80. The Labute approximate surface area is 184 Å². The first-order valence-corrected chi connectivity index (χ1v) is 10.9. The lowest BCUT2D eigenvalue weighted by molar-refractivity contribution is -0.140. The topological polar surface area (TPSA) is 51.2 Å². The average molecular weight is 461 g/mol. The van der Waals surface area contributed by atoms with Gasteiger partial charge in [0.2, 0.25) is 0 Å². The van der Waals surface area contributed by atoms with Gasteiger partial charge in [0, 0.05) is 0 Å². The molecule has 2 aromatic carbocycles. The van der Waals surface area contributed by atoms with Crippen LogP contribution in [-0.2, 0) is 14.4 Å². The van der Waals surface area contributed by atoms with E-state index in [4.69, 9.17) is 0 Å². The summed E-state index contributed by atoms with van der Waals surface area (Å²) in [6.45, 7) is 5.53. The van der Waals surface area contributed by atoms with Crippen molar-refractivity contribution in [2.45, 2.75) is 20.8 Å². The largest absolute Gasteiger partial charge is 0.298 e. The van der Waals surface area contributed by atoms with Crippen LogP contribution in [0.15, 0.2) is 71.2 Å². The number of carbonyl (C=O) groups is 3. The van der Waals surface area contributed by atoms with Crippen LogP contribution in [0.2, 0.25) is 0 Å². The lowest BCUT2D eigenvalue weighted by atomic mass is 9.50. The van der Waals surface area contributed by atoms with Crippen molar-refractivity contribution in [3.05, 3.63) is 82.3 Å². The van der Waals surface area contributed by atoms with E-state index in [1.807, 2.05) is 81.4 Å². The van der Waals surface area contributed by atoms with Crippen LogP contribution in [0.1, 0.15) is 31.9 Å². The molecule has 30 heavy (non-hydrogen) atoms. The molecule has 0 aliphatic heterocycles. The van der Waals surface area contributed by atoms with Gasteiger partial charge in [0.05, 0.1) is 26.6 Å². The van der Waals surface area contributed by atoms with Gasteiger partial charge in [0.15, 0.2) is 17.3 Å². The summed E-state index contributed by atoms with van der Waals surface area (Å²) >= 11 is 3.29. The lowest BCUT2D eigenvalue weighted by Crippen LogP contribution is -2.53. The summed E-state index contributed by atoms with van der Waals surface area (Å²) < 4.78 is 0.258. The normalized spacial score (nSPS) is 35.0. The Hall–Kier alpha value is -2.59. The average Bonchev–Trinajstić information content (AvgIpc) is 3.01. The van der Waals surface area contributed by atoms with Gasteiger partial charge >= 0.3 is 0 Å². The molecule has 4 unspecified atom stereocenters. The van der Waals surface area contributed by atoms with Crippen molar-refractivity contribution in [1.29, 1.82) is 0 Å². The van der Waals surface area contributed by atoms with Crippen LogP contribution < -0.4 is 0 Å². The molecule has 0 aromatic heterocycles. The number of fused-ring (bicyclic) bond motifs is 5. The van der Waals surface area contributed by atoms with E-state index < -0.39 is 22.2 Å². The van der Waals surface area contributed by atoms with Gasteiger partial charge in [-0.2, -0.15) is 0 Å². The number of allylic oxidation sites excluding steroid dienone is 4. The predicted molar refractivity (Wildman–Crippen MR) is 120 cm³/mol. The minimum atomic E-state index is -1.13. The van der Waals surface area contributed by atoms with Crippen molar-refractivity contribution in [1.82, 2.24) is 0 Å². The van der Waals surface area contributed by atoms with E-state index in [0.29, 0.717) is 0 Å². The number of hydrogen-bond donors (Lipinski definition) is 0. The third-order valence-corrected chi connectivity index (χ3v) is 8.40. The van der Waals surface area contributed by atoms with Crippen LogP contribution >= 0.6 is 15.9 Å². The van der Waals surface area contributed by atoms with E-state index in [9.17, 15) is 14.4 Å². The molecule has 0 amide bonds. The predicted octanol–water partition coefficient (Wildman–Crippen LogP) is 5.26. The number of carbonyl (C=O) groups excluding carboxylic acids is 3. The van der Waals surface area contributed by atoms with Crippen molar-refractivity contribution in [2.24, 2.45) is 22.2 Å². The summed E-state index contributed by atoms with van der Waals surface area (Å²) in [5, 5.41) is 0. The first-order chi connectivity index (χ1) is 14.2. The third kappa shape index (κ3) is 1.94. The summed E-state index contributed by atoms with van der Waals surface area (Å²) in [5.41, 5.74) is 0.261. The molecule has 3 nitrogen and oxygen atoms in total. The Morgan fingerprint density at radius 3 is 1.80 bits per heavy atom. The Bertz CT molecular complexity index is 1190. The fourth-order valence-electron chi connectivity index (χ4n) is 6.37. The minimum Gasteiger partial charge on any atom is -0.298 e. The van der Waals surface area contributed by atoms with Gasteiger partial charge in [-0.3, -0.25) is 14.4 Å². The second-order valence-electron chi connectivity index (χ2n) is 8.99. The molecule has 2 bridgehead atoms. The Morgan fingerprint density at radius 1 is 0.767 bits per heavy atom. The number of benzene rings is 2. The number of hydrogen-bond acceptors (Lipinski definition) is 3. The molecule has 0 N–H and O–H groups in total. The van der Waals surface area contributed by atoms with Gasteiger partial charge in [0.25, 0.3) is 0 Å². The van der Waals surface area contributed by atoms with Crippen LogP contribution in [0, 0.1) is 22.2 Å². The summed E-state index contributed by atoms with van der Waals surface area (Å²) in [6, 6.07) is 19.6. The molecule has 1 saturated carbocycles. The van der Waals surface area contributed by atoms with E-state index >= 15 is 0 Å². The van der Waals surface area contributed by atoms with Crippen LogP contribution in [-0.4, -0.2) is 17.3 Å². The van der Waals surface area contributed by atoms with Crippen molar-refractivity contribution < 1.29 is 14.4 Å². The van der Waals surface area contributed by atoms with E-state index in [2.05, 4.69) is 15.9 Å². The Kier molecular flexibility index (Phi) is 3.86. The molecule has 4 heteroatoms. The molecule has 3 aliphatic rings. The standard InChI is InChI=1S/C26H21BrO3/c1-24-19(15-10-6-4-7-11-15)20(16-12-8-5-9-13-16)26(3,23(24)30)25(2)18(28)14-17(27)21(29)22(24)25/h4-14,22H,1-3H3. The maximum absolute atomic E-state index is 14.2. The van der Waals surface area contributed by atoms with Crippen molar-refractivity contribution >= 4 is 44.4 Å². The second-order valence-corrected chi connectivity index (χ2v) is 9.85. The van der Waals surface area contributed by atoms with Crippen LogP contribution in [0.3, 0.4) is 0 Å². The van der Waals surface area contributed by atoms with Crippen molar-refractivity contribution in [3.8, 4) is 0 Å². The monoisotopic (exact) mass is 460 g/mol. The first-order valence-electron chi connectivity index (χ1n) is 10.1. The molecule has 150 valence electrons. The Balaban J connectivity index is 1.95. The minimum absolute atomic E-state index is 0.0440. The highest BCUT2D eigenvalue weighted by Crippen LogP contribution is 2.77. The molecule has 5 rings (SSSR count). The fourth-order valence-corrected chi connectivity index (χ4v) is 6.80. The number of rotatable bonds is 2. The fraction of sp³-hybridized carbons (Fsp3) is 0.269. The zero-order chi connectivity index (χ0) is 21.5. The van der Waals surface area contributed by atoms with Crippen molar-refractivity contribution in [2.75, 3.05) is 0 Å². The van der Waals surface area contributed by atoms with E-state index in [1.165, 1.54) is 6.08 Å². The number of Topliss-reactive ketones (excluding diaryl/α,β-unsaturated/α-hetero) is 2. The first kappa shape index (κ1) is 19.4. The lowest BCUT2D eigenvalue weighted by Gasteiger charge is -2.48. The summed E-state index contributed by atoms with van der Waals surface area (Å²) in [4.78, 5) is 41.0. The molecule has 4 atom stereocenters. The smallest absolute Gasteiger partial charge is 0.175 e. The number of ketones is 3. The van der Waals surface area contributed by atoms with Gasteiger partial charge in [-0.25, -0.2) is 0 Å². The van der Waals surface area contributed by atoms with Crippen LogP contribution in [0.5, 0.6) is 0 Å². The molecule has 0 spiro atoms. The molecular formula is C26H21BrO3. The molecular weight excluding hydrogens is 440 g/mol. The van der Waals surface area contributed by atoms with Gasteiger partial charge in [-0.1, -0.05) is 67.6 Å². The zero-order valence-electron chi connectivity index (χ0n) is 17.0. The van der Waals surface area contributed by atoms with Crippen molar-refractivity contribution in [3.63, 3.8) is 0 Å². The van der Waals surface area contributed by atoms with Gasteiger partial charge in [-0.15, -0.1) is 0 Å². The van der Waals surface area contributed by atoms with E-state index in [0.717, 1.165) is 22.3 Å². The summed E-state index contributed by atoms with van der Waals surface area (Å²) in [7, 11) is 0. The maximum Gasteiger partial charge on any atom is 0.175 e. The highest BCUT2D eigenvalue weighted by molar-refractivity contribution is 9.12. The molecule has 0 heterocycles. The maximum atomic E-state index is 14.2. The van der Waals surface area contributed by atoms with E-state index in [-0.39, 0.29) is 21.8 Å². The molecule has 2 aromatic rings. The number of halogens is 1. The quantitative estimate of drug-likeness (QED) is 0.613. The van der Waals surface area contributed by atoms with Crippen LogP contribution in [0.4, 0.5) is 0 Å². The molecule has 0 saturated heterocycles. The van der Waals surface area contributed by atoms with E-state index in [1.54, 1.807) is 0 Å². The SMILES string of the molecule is CC12C(=O)C(C)(C(c3ccccc3)=C1c1ccccc1)C1(C)C(=O)C=C(Br)C(=O)C21. The molecule has 3 aliphatic carbocycles. The summed E-state index contributed by atoms with van der Waals surface area (Å²) in [5.74, 6) is -1.12. The van der Waals surface area contributed by atoms with Gasteiger partial charge < -0.3 is 0 Å². The van der Waals surface area contributed by atoms with Crippen LogP contribution in [0.25, 0.3) is 11.1 Å². The van der Waals surface area contributed by atoms with Gasteiger partial charge in [-0.05, 0) is 58.1 Å². The highest BCUT2D eigenvalue weighted by atomic mass is 79.9. The van der Waals surface area contributed by atoms with Gasteiger partial charge in [0.1, 0.15) is 0 Å². The summed E-state index contributed by atoms with van der Waals surface area (Å²) in [6.07, 6.45) is 1.37. The zero-order valence-corrected chi connectivity index (χ0v) is 18.6. The Morgan fingerprint density at radius 2 is 1.27 bits per heavy atom. The molecule has 1 fully saturated rings. The third-order valence-electron chi connectivity index (χ3n) is 7.78. The molecule has 0 radical (unpaired) electrons.